The highest BCUT2D eigenvalue weighted by molar-refractivity contribution is 6.19. The van der Waals surface area contributed by atoms with Gasteiger partial charge in [-0.25, -0.2) is 0 Å². The fourth-order valence-corrected chi connectivity index (χ4v) is 3.82. The summed E-state index contributed by atoms with van der Waals surface area (Å²) in [7, 11) is 0. The second-order valence-corrected chi connectivity index (χ2v) is 6.65. The standard InChI is InChI=1S/C26H15N/c1-3-17-9-12-19(13-10-17)25-22-15-18(4-2)11-14-20(22)16-23-21-7-5-6-8-24(21)27-26(23)25/h1-2,5-16,27H. The van der Waals surface area contributed by atoms with Crippen molar-refractivity contribution in [2.75, 3.05) is 0 Å². The number of aromatic amines is 1. The van der Waals surface area contributed by atoms with E-state index in [1.54, 1.807) is 0 Å². The summed E-state index contributed by atoms with van der Waals surface area (Å²) in [6.45, 7) is 0. The van der Waals surface area contributed by atoms with Gasteiger partial charge in [-0.15, -0.1) is 12.8 Å². The summed E-state index contributed by atoms with van der Waals surface area (Å²) in [5, 5.41) is 4.74. The zero-order valence-electron chi connectivity index (χ0n) is 14.6. The molecule has 27 heavy (non-hydrogen) atoms. The van der Waals surface area contributed by atoms with Crippen LogP contribution < -0.4 is 0 Å². The monoisotopic (exact) mass is 341 g/mol. The molecule has 0 saturated carbocycles. The number of hydrogen-bond acceptors (Lipinski definition) is 0. The molecule has 0 aliphatic heterocycles. The van der Waals surface area contributed by atoms with Gasteiger partial charge in [0, 0.05) is 33.0 Å². The minimum atomic E-state index is 0.871. The van der Waals surface area contributed by atoms with Crippen molar-refractivity contribution in [2.24, 2.45) is 0 Å². The van der Waals surface area contributed by atoms with Gasteiger partial charge in [0.15, 0.2) is 0 Å². The molecule has 0 fully saturated rings. The lowest BCUT2D eigenvalue weighted by atomic mass is 9.93. The predicted octanol–water partition coefficient (Wildman–Crippen LogP) is 6.10. The average molecular weight is 341 g/mol. The number of hydrogen-bond donors (Lipinski definition) is 1. The number of terminal acetylenes is 2. The number of aromatic nitrogens is 1. The lowest BCUT2D eigenvalue weighted by Crippen LogP contribution is -1.87. The third kappa shape index (κ3) is 2.30. The van der Waals surface area contributed by atoms with Crippen molar-refractivity contribution in [1.82, 2.24) is 4.98 Å². The zero-order valence-corrected chi connectivity index (χ0v) is 14.6. The second kappa shape index (κ2) is 5.80. The first-order valence-corrected chi connectivity index (χ1v) is 8.79. The molecule has 5 aromatic rings. The molecular formula is C26H15N. The van der Waals surface area contributed by atoms with Crippen LogP contribution in [0.4, 0.5) is 0 Å². The summed E-state index contributed by atoms with van der Waals surface area (Å²) in [5.41, 5.74) is 6.26. The predicted molar refractivity (Wildman–Crippen MR) is 115 cm³/mol. The molecule has 1 heterocycles. The van der Waals surface area contributed by atoms with Crippen molar-refractivity contribution < 1.29 is 0 Å². The highest BCUT2D eigenvalue weighted by Gasteiger charge is 2.14. The number of nitrogens with one attached hydrogen (secondary N) is 1. The van der Waals surface area contributed by atoms with Gasteiger partial charge in [-0.3, -0.25) is 0 Å². The summed E-state index contributed by atoms with van der Waals surface area (Å²) in [6.07, 6.45) is 11.2. The molecule has 1 aromatic heterocycles. The van der Waals surface area contributed by atoms with Crippen molar-refractivity contribution in [1.29, 1.82) is 0 Å². The van der Waals surface area contributed by atoms with Crippen LogP contribution in [0.5, 0.6) is 0 Å². The van der Waals surface area contributed by atoms with Crippen molar-refractivity contribution in [3.05, 3.63) is 83.9 Å². The third-order valence-electron chi connectivity index (χ3n) is 5.13. The topological polar surface area (TPSA) is 15.8 Å². The Morgan fingerprint density at radius 3 is 2.19 bits per heavy atom. The van der Waals surface area contributed by atoms with Crippen molar-refractivity contribution in [3.63, 3.8) is 0 Å². The fourth-order valence-electron chi connectivity index (χ4n) is 3.82. The van der Waals surface area contributed by atoms with Gasteiger partial charge in [0.05, 0.1) is 5.52 Å². The summed E-state index contributed by atoms with van der Waals surface area (Å²) in [6, 6.07) is 24.9. The van der Waals surface area contributed by atoms with Crippen molar-refractivity contribution in [2.45, 2.75) is 0 Å². The number of rotatable bonds is 1. The van der Waals surface area contributed by atoms with Crippen LogP contribution in [0.15, 0.2) is 72.8 Å². The van der Waals surface area contributed by atoms with Crippen LogP contribution in [0.2, 0.25) is 0 Å². The summed E-state index contributed by atoms with van der Waals surface area (Å²) in [5.74, 6) is 5.44. The normalized spacial score (nSPS) is 10.9. The van der Waals surface area contributed by atoms with E-state index in [1.165, 1.54) is 16.2 Å². The Balaban J connectivity index is 1.98. The molecule has 1 nitrogen and oxygen atoms in total. The maximum atomic E-state index is 5.66. The van der Waals surface area contributed by atoms with Gasteiger partial charge < -0.3 is 4.98 Å². The number of benzene rings is 4. The van der Waals surface area contributed by atoms with E-state index in [0.29, 0.717) is 0 Å². The molecule has 0 bridgehead atoms. The number of H-pyrrole nitrogens is 1. The van der Waals surface area contributed by atoms with Crippen LogP contribution in [0.3, 0.4) is 0 Å². The van der Waals surface area contributed by atoms with Crippen LogP contribution >= 0.6 is 0 Å². The Kier molecular flexibility index (Phi) is 3.29. The summed E-state index contributed by atoms with van der Waals surface area (Å²) < 4.78 is 0. The Labute approximate surface area is 157 Å². The van der Waals surface area contributed by atoms with E-state index in [-0.39, 0.29) is 0 Å². The number of fused-ring (bicyclic) bond motifs is 4. The minimum absolute atomic E-state index is 0.871. The van der Waals surface area contributed by atoms with E-state index in [1.807, 2.05) is 18.2 Å². The molecule has 1 heteroatoms. The van der Waals surface area contributed by atoms with Crippen molar-refractivity contribution >= 4 is 32.6 Å². The lowest BCUT2D eigenvalue weighted by molar-refractivity contribution is 1.54. The van der Waals surface area contributed by atoms with Gasteiger partial charge in [0.25, 0.3) is 0 Å². The van der Waals surface area contributed by atoms with Crippen LogP contribution in [0.25, 0.3) is 43.7 Å². The summed E-state index contributed by atoms with van der Waals surface area (Å²) in [4.78, 5) is 3.61. The minimum Gasteiger partial charge on any atom is -0.354 e. The van der Waals surface area contributed by atoms with E-state index in [2.05, 4.69) is 71.4 Å². The SMILES string of the molecule is C#Cc1ccc(-c2c3cc(C#C)ccc3cc3c2[nH]c2ccccc23)cc1. The quantitative estimate of drug-likeness (QED) is 0.354. The smallest absolute Gasteiger partial charge is 0.0551 e. The van der Waals surface area contributed by atoms with Gasteiger partial charge in [-0.1, -0.05) is 48.2 Å². The first kappa shape index (κ1) is 15.3. The molecule has 4 aromatic carbocycles. The summed E-state index contributed by atoms with van der Waals surface area (Å²) >= 11 is 0. The zero-order chi connectivity index (χ0) is 18.4. The first-order valence-electron chi connectivity index (χ1n) is 8.79. The third-order valence-corrected chi connectivity index (χ3v) is 5.13. The molecular weight excluding hydrogens is 326 g/mol. The molecule has 0 amide bonds. The molecule has 124 valence electrons. The number of para-hydroxylation sites is 1. The Bertz CT molecular complexity index is 1420. The maximum Gasteiger partial charge on any atom is 0.0551 e. The highest BCUT2D eigenvalue weighted by Crippen LogP contribution is 2.39. The van der Waals surface area contributed by atoms with E-state index < -0.39 is 0 Å². The van der Waals surface area contributed by atoms with Gasteiger partial charge in [-0.2, -0.15) is 0 Å². The maximum absolute atomic E-state index is 5.66. The second-order valence-electron chi connectivity index (χ2n) is 6.65. The molecule has 0 aliphatic carbocycles. The Morgan fingerprint density at radius 2 is 1.41 bits per heavy atom. The Morgan fingerprint density at radius 1 is 0.667 bits per heavy atom. The lowest BCUT2D eigenvalue weighted by Gasteiger charge is -2.10. The van der Waals surface area contributed by atoms with Gasteiger partial charge in [-0.05, 0) is 52.7 Å². The van der Waals surface area contributed by atoms with E-state index >= 15 is 0 Å². The van der Waals surface area contributed by atoms with Crippen molar-refractivity contribution in [3.8, 4) is 35.8 Å². The Hall–Kier alpha value is -3.94. The molecule has 1 N–H and O–H groups in total. The van der Waals surface area contributed by atoms with Crippen LogP contribution in [0, 0.1) is 24.7 Å². The molecule has 0 spiro atoms. The van der Waals surface area contributed by atoms with E-state index in [0.717, 1.165) is 38.7 Å². The van der Waals surface area contributed by atoms with Crippen LogP contribution in [0.1, 0.15) is 11.1 Å². The van der Waals surface area contributed by atoms with Crippen LogP contribution in [-0.4, -0.2) is 4.98 Å². The molecule has 0 aliphatic rings. The molecule has 0 saturated heterocycles. The van der Waals surface area contributed by atoms with E-state index in [9.17, 15) is 0 Å². The first-order chi connectivity index (χ1) is 13.3. The molecule has 0 radical (unpaired) electrons. The van der Waals surface area contributed by atoms with Gasteiger partial charge >= 0.3 is 0 Å². The van der Waals surface area contributed by atoms with Gasteiger partial charge in [0.1, 0.15) is 0 Å². The highest BCUT2D eigenvalue weighted by atomic mass is 14.7. The van der Waals surface area contributed by atoms with Crippen LogP contribution in [-0.2, 0) is 0 Å². The molecule has 0 atom stereocenters. The largest absolute Gasteiger partial charge is 0.354 e. The average Bonchev–Trinajstić information content (AvgIpc) is 3.10. The molecule has 5 rings (SSSR count). The van der Waals surface area contributed by atoms with Gasteiger partial charge in [0.2, 0.25) is 0 Å². The van der Waals surface area contributed by atoms with E-state index in [4.69, 9.17) is 12.8 Å². The fraction of sp³-hybridized carbons (Fsp3) is 0. The molecule has 0 unspecified atom stereocenters.